The molecule has 0 bridgehead atoms. The van der Waals surface area contributed by atoms with E-state index in [0.717, 1.165) is 21.6 Å². The molecule has 0 radical (unpaired) electrons. The third-order valence-electron chi connectivity index (χ3n) is 4.37. The molecule has 1 amide bonds. The van der Waals surface area contributed by atoms with Gasteiger partial charge in [0.05, 0.1) is 33.5 Å². The van der Waals surface area contributed by atoms with Gasteiger partial charge in [0, 0.05) is 23.2 Å². The molecule has 4 rings (SSSR count). The number of para-hydroxylation sites is 2. The Morgan fingerprint density at radius 3 is 2.69 bits per heavy atom. The second-order valence-electron chi connectivity index (χ2n) is 6.43. The number of nitrogens with one attached hydrogen (secondary N) is 1. The highest BCUT2D eigenvalue weighted by Crippen LogP contribution is 2.23. The molecular formula is C21H16N4O3S. The molecule has 2 aromatic carbocycles. The van der Waals surface area contributed by atoms with Crippen molar-refractivity contribution in [2.24, 2.45) is 0 Å². The Kier molecular flexibility index (Phi) is 5.01. The molecule has 0 saturated carbocycles. The second kappa shape index (κ2) is 7.76. The van der Waals surface area contributed by atoms with E-state index in [0.29, 0.717) is 23.4 Å². The summed E-state index contributed by atoms with van der Waals surface area (Å²) in [5.41, 5.74) is 3.97. The van der Waals surface area contributed by atoms with Gasteiger partial charge in [-0.3, -0.25) is 9.78 Å². The van der Waals surface area contributed by atoms with E-state index < -0.39 is 5.97 Å². The van der Waals surface area contributed by atoms with Crippen molar-refractivity contribution in [3.05, 3.63) is 82.1 Å². The Labute approximate surface area is 170 Å². The maximum atomic E-state index is 12.9. The van der Waals surface area contributed by atoms with Gasteiger partial charge in [0.1, 0.15) is 0 Å². The summed E-state index contributed by atoms with van der Waals surface area (Å²) in [6, 6.07) is 13.7. The summed E-state index contributed by atoms with van der Waals surface area (Å²) < 4.78 is 4.32. The van der Waals surface area contributed by atoms with Gasteiger partial charge in [-0.25, -0.2) is 9.78 Å². The molecule has 0 saturated heterocycles. The number of anilines is 1. The predicted molar refractivity (Wildman–Crippen MR) is 111 cm³/mol. The summed E-state index contributed by atoms with van der Waals surface area (Å²) in [4.78, 5) is 33.8. The molecule has 0 aliphatic heterocycles. The van der Waals surface area contributed by atoms with Crippen molar-refractivity contribution >= 4 is 40.1 Å². The highest BCUT2D eigenvalue weighted by molar-refractivity contribution is 7.06. The number of amides is 1. The molecule has 0 fully saturated rings. The number of nitrogens with zero attached hydrogens (tertiary/aromatic N) is 3. The lowest BCUT2D eigenvalue weighted by atomic mass is 10.1. The second-order valence-corrected chi connectivity index (χ2v) is 7.29. The fourth-order valence-corrected chi connectivity index (χ4v) is 3.88. The number of aryl methyl sites for hydroxylation is 1. The van der Waals surface area contributed by atoms with Gasteiger partial charge in [-0.2, -0.15) is 4.37 Å². The topological polar surface area (TPSA) is 105 Å². The van der Waals surface area contributed by atoms with Crippen molar-refractivity contribution in [1.29, 1.82) is 0 Å². The maximum Gasteiger partial charge on any atom is 0.335 e. The molecule has 2 N–H and O–H groups in total. The molecule has 29 heavy (non-hydrogen) atoms. The van der Waals surface area contributed by atoms with Crippen molar-refractivity contribution in [2.75, 3.05) is 5.32 Å². The maximum absolute atomic E-state index is 12.9. The molecule has 2 heterocycles. The Bertz CT molecular complexity index is 1240. The number of carbonyl (C=O) groups excluding carboxylic acids is 1. The zero-order valence-corrected chi connectivity index (χ0v) is 16.2. The fraction of sp³-hybridized carbons (Fsp3) is 0.0952. The molecule has 4 aromatic rings. The molecular weight excluding hydrogens is 388 g/mol. The number of carboxylic acid groups (broad SMARTS) is 1. The van der Waals surface area contributed by atoms with Crippen LogP contribution in [0.4, 0.5) is 5.69 Å². The summed E-state index contributed by atoms with van der Waals surface area (Å²) in [6.45, 7) is 1.77. The van der Waals surface area contributed by atoms with E-state index >= 15 is 0 Å². The number of rotatable bonds is 5. The van der Waals surface area contributed by atoms with E-state index in [9.17, 15) is 9.59 Å². The summed E-state index contributed by atoms with van der Waals surface area (Å²) in [5, 5.41) is 11.9. The third kappa shape index (κ3) is 3.97. The monoisotopic (exact) mass is 404 g/mol. The molecule has 0 atom stereocenters. The van der Waals surface area contributed by atoms with Gasteiger partial charge in [0.25, 0.3) is 5.91 Å². The van der Waals surface area contributed by atoms with Gasteiger partial charge >= 0.3 is 5.97 Å². The van der Waals surface area contributed by atoms with E-state index in [1.807, 2.05) is 24.3 Å². The standard InChI is InChI=1S/C21H16N4O3S/c1-12-19(20(26)24-14-6-4-5-13(9-14)21(27)28)18(29-25-12)10-15-11-22-16-7-2-3-8-17(16)23-15/h2-9,11H,10H2,1H3,(H,24,26)(H,27,28). The smallest absolute Gasteiger partial charge is 0.335 e. The summed E-state index contributed by atoms with van der Waals surface area (Å²) in [5.74, 6) is -1.38. The molecule has 0 spiro atoms. The SMILES string of the molecule is Cc1nsc(Cc2cnc3ccccc3n2)c1C(=O)Nc1cccc(C(=O)O)c1. The molecule has 0 aliphatic carbocycles. The molecule has 0 unspecified atom stereocenters. The van der Waals surface area contributed by atoms with Crippen molar-refractivity contribution < 1.29 is 14.7 Å². The van der Waals surface area contributed by atoms with Gasteiger partial charge in [-0.05, 0) is 48.8 Å². The summed E-state index contributed by atoms with van der Waals surface area (Å²) in [6.07, 6.45) is 2.14. The first-order chi connectivity index (χ1) is 14.0. The Hall–Kier alpha value is -3.65. The van der Waals surface area contributed by atoms with Gasteiger partial charge < -0.3 is 10.4 Å². The number of aromatic nitrogens is 3. The fourth-order valence-electron chi connectivity index (χ4n) is 3.00. The normalized spacial score (nSPS) is 10.8. The zero-order valence-electron chi connectivity index (χ0n) is 15.4. The van der Waals surface area contributed by atoms with Crippen molar-refractivity contribution in [3.63, 3.8) is 0 Å². The van der Waals surface area contributed by atoms with E-state index in [-0.39, 0.29) is 11.5 Å². The minimum atomic E-state index is -1.05. The van der Waals surface area contributed by atoms with Crippen molar-refractivity contribution in [3.8, 4) is 0 Å². The highest BCUT2D eigenvalue weighted by atomic mass is 32.1. The molecule has 144 valence electrons. The number of carbonyl (C=O) groups is 2. The third-order valence-corrected chi connectivity index (χ3v) is 5.30. The van der Waals surface area contributed by atoms with Gasteiger partial charge in [-0.1, -0.05) is 18.2 Å². The van der Waals surface area contributed by atoms with Crippen LogP contribution in [-0.2, 0) is 6.42 Å². The highest BCUT2D eigenvalue weighted by Gasteiger charge is 2.20. The molecule has 7 nitrogen and oxygen atoms in total. The van der Waals surface area contributed by atoms with Crippen LogP contribution in [0, 0.1) is 6.92 Å². The van der Waals surface area contributed by atoms with Crippen LogP contribution in [0.1, 0.15) is 37.0 Å². The lowest BCUT2D eigenvalue weighted by Gasteiger charge is -2.08. The number of aromatic carboxylic acids is 1. The van der Waals surface area contributed by atoms with Gasteiger partial charge in [0.15, 0.2) is 0 Å². The average Bonchev–Trinajstić information content (AvgIpc) is 3.08. The van der Waals surface area contributed by atoms with Crippen LogP contribution >= 0.6 is 11.5 Å². The predicted octanol–water partition coefficient (Wildman–Crippen LogP) is 3.94. The lowest BCUT2D eigenvalue weighted by molar-refractivity contribution is 0.0696. The number of carboxylic acids is 1. The first-order valence-corrected chi connectivity index (χ1v) is 9.59. The Balaban J connectivity index is 1.60. The number of hydrogen-bond acceptors (Lipinski definition) is 6. The molecule has 8 heteroatoms. The summed E-state index contributed by atoms with van der Waals surface area (Å²) in [7, 11) is 0. The van der Waals surface area contributed by atoms with Gasteiger partial charge in [0.2, 0.25) is 0 Å². The van der Waals surface area contributed by atoms with Crippen molar-refractivity contribution in [2.45, 2.75) is 13.3 Å². The van der Waals surface area contributed by atoms with Crippen LogP contribution in [0.25, 0.3) is 11.0 Å². The van der Waals surface area contributed by atoms with E-state index in [1.165, 1.54) is 23.7 Å². The zero-order chi connectivity index (χ0) is 20.4. The average molecular weight is 404 g/mol. The van der Waals surface area contributed by atoms with Crippen LogP contribution in [-0.4, -0.2) is 31.3 Å². The first-order valence-electron chi connectivity index (χ1n) is 8.82. The van der Waals surface area contributed by atoms with Gasteiger partial charge in [-0.15, -0.1) is 0 Å². The van der Waals surface area contributed by atoms with Crippen LogP contribution in [0.2, 0.25) is 0 Å². The van der Waals surface area contributed by atoms with Crippen LogP contribution < -0.4 is 5.32 Å². The van der Waals surface area contributed by atoms with Crippen LogP contribution in [0.15, 0.2) is 54.7 Å². The minimum absolute atomic E-state index is 0.106. The number of benzene rings is 2. The van der Waals surface area contributed by atoms with Crippen molar-refractivity contribution in [1.82, 2.24) is 14.3 Å². The quantitative estimate of drug-likeness (QED) is 0.522. The number of hydrogen-bond donors (Lipinski definition) is 2. The van der Waals surface area contributed by atoms with Crippen LogP contribution in [0.3, 0.4) is 0 Å². The molecule has 2 aromatic heterocycles. The first kappa shape index (κ1) is 18.7. The van der Waals surface area contributed by atoms with E-state index in [1.54, 1.807) is 25.3 Å². The molecule has 0 aliphatic rings. The van der Waals surface area contributed by atoms with E-state index in [4.69, 9.17) is 5.11 Å². The van der Waals surface area contributed by atoms with Crippen LogP contribution in [0.5, 0.6) is 0 Å². The lowest BCUT2D eigenvalue weighted by Crippen LogP contribution is -2.15. The Morgan fingerprint density at radius 2 is 1.90 bits per heavy atom. The largest absolute Gasteiger partial charge is 0.478 e. The Morgan fingerprint density at radius 1 is 1.10 bits per heavy atom. The minimum Gasteiger partial charge on any atom is -0.478 e. The number of fused-ring (bicyclic) bond motifs is 1. The summed E-state index contributed by atoms with van der Waals surface area (Å²) >= 11 is 1.25. The van der Waals surface area contributed by atoms with E-state index in [2.05, 4.69) is 19.7 Å².